The van der Waals surface area contributed by atoms with Crippen molar-refractivity contribution in [1.29, 1.82) is 0 Å². The predicted octanol–water partition coefficient (Wildman–Crippen LogP) is -0.276. The van der Waals surface area contributed by atoms with Crippen molar-refractivity contribution in [2.75, 3.05) is 37.7 Å². The Hall–Kier alpha value is -1.80. The molecule has 1 atom stereocenters. The van der Waals surface area contributed by atoms with Crippen molar-refractivity contribution in [3.05, 3.63) is 12.1 Å². The number of aromatic nitrogens is 5. The lowest BCUT2D eigenvalue weighted by molar-refractivity contribution is 0.0932. The Bertz CT molecular complexity index is 557. The standard InChI is InChI=1S/C12H19N7O/c1-2-5-13-8-10-9-20-7-6-18(10)12-4-3-11-14-16-17-19(11)15-12/h3-4,10,13H,2,5-9H2,1H3. The first kappa shape index (κ1) is 13.2. The van der Waals surface area contributed by atoms with Crippen LogP contribution in [-0.4, -0.2) is 64.1 Å². The summed E-state index contributed by atoms with van der Waals surface area (Å²) < 4.78 is 7.04. The van der Waals surface area contributed by atoms with Crippen LogP contribution in [0.4, 0.5) is 5.82 Å². The van der Waals surface area contributed by atoms with Crippen LogP contribution in [0.15, 0.2) is 12.1 Å². The first-order valence-electron chi connectivity index (χ1n) is 6.99. The Morgan fingerprint density at radius 3 is 3.30 bits per heavy atom. The second-order valence-electron chi connectivity index (χ2n) is 4.84. The van der Waals surface area contributed by atoms with Gasteiger partial charge in [-0.05, 0) is 35.5 Å². The van der Waals surface area contributed by atoms with Crippen molar-refractivity contribution in [2.45, 2.75) is 19.4 Å². The largest absolute Gasteiger partial charge is 0.377 e. The van der Waals surface area contributed by atoms with E-state index in [4.69, 9.17) is 4.74 Å². The number of hydrogen-bond acceptors (Lipinski definition) is 7. The lowest BCUT2D eigenvalue weighted by Gasteiger charge is -2.36. The topological polar surface area (TPSA) is 80.5 Å². The van der Waals surface area contributed by atoms with Gasteiger partial charge in [-0.1, -0.05) is 6.92 Å². The molecule has 0 amide bonds. The number of fused-ring (bicyclic) bond motifs is 1. The molecule has 108 valence electrons. The van der Waals surface area contributed by atoms with Gasteiger partial charge in [-0.15, -0.1) is 14.8 Å². The summed E-state index contributed by atoms with van der Waals surface area (Å²) in [5, 5.41) is 19.2. The van der Waals surface area contributed by atoms with Gasteiger partial charge in [0.1, 0.15) is 0 Å². The fraction of sp³-hybridized carbons (Fsp3) is 0.667. The molecule has 1 N–H and O–H groups in total. The fourth-order valence-corrected chi connectivity index (χ4v) is 2.36. The molecule has 1 saturated heterocycles. The number of ether oxygens (including phenoxy) is 1. The molecule has 1 aliphatic heterocycles. The number of hydrogen-bond donors (Lipinski definition) is 1. The van der Waals surface area contributed by atoms with Crippen molar-refractivity contribution in [1.82, 2.24) is 30.6 Å². The van der Waals surface area contributed by atoms with Crippen molar-refractivity contribution in [3.8, 4) is 0 Å². The Morgan fingerprint density at radius 2 is 2.40 bits per heavy atom. The molecule has 3 heterocycles. The van der Waals surface area contributed by atoms with E-state index in [2.05, 4.69) is 37.8 Å². The van der Waals surface area contributed by atoms with Gasteiger partial charge in [0.2, 0.25) is 0 Å². The second-order valence-corrected chi connectivity index (χ2v) is 4.84. The van der Waals surface area contributed by atoms with Crippen LogP contribution in [0.1, 0.15) is 13.3 Å². The minimum absolute atomic E-state index is 0.289. The van der Waals surface area contributed by atoms with Crippen molar-refractivity contribution >= 4 is 11.5 Å². The highest BCUT2D eigenvalue weighted by atomic mass is 16.5. The second kappa shape index (κ2) is 6.10. The van der Waals surface area contributed by atoms with Gasteiger partial charge in [0.05, 0.1) is 19.3 Å². The Kier molecular flexibility index (Phi) is 4.03. The minimum atomic E-state index is 0.289. The van der Waals surface area contributed by atoms with E-state index in [1.54, 1.807) is 0 Å². The maximum absolute atomic E-state index is 5.58. The van der Waals surface area contributed by atoms with Crippen LogP contribution in [0.3, 0.4) is 0 Å². The van der Waals surface area contributed by atoms with Gasteiger partial charge >= 0.3 is 0 Å². The molecular weight excluding hydrogens is 258 g/mol. The molecule has 8 nitrogen and oxygen atoms in total. The molecule has 0 aliphatic carbocycles. The number of tetrazole rings is 1. The zero-order valence-corrected chi connectivity index (χ0v) is 11.6. The average Bonchev–Trinajstić information content (AvgIpc) is 2.95. The molecule has 8 heteroatoms. The molecule has 0 saturated carbocycles. The molecule has 1 aliphatic rings. The molecule has 3 rings (SSSR count). The highest BCUT2D eigenvalue weighted by Gasteiger charge is 2.24. The molecule has 2 aromatic rings. The number of anilines is 1. The van der Waals surface area contributed by atoms with E-state index in [0.717, 1.165) is 38.5 Å². The Labute approximate surface area is 117 Å². The van der Waals surface area contributed by atoms with Gasteiger partial charge in [-0.3, -0.25) is 0 Å². The Balaban J connectivity index is 1.77. The Morgan fingerprint density at radius 1 is 1.45 bits per heavy atom. The predicted molar refractivity (Wildman–Crippen MR) is 73.7 cm³/mol. The summed E-state index contributed by atoms with van der Waals surface area (Å²) in [6.07, 6.45) is 1.13. The summed E-state index contributed by atoms with van der Waals surface area (Å²) >= 11 is 0. The van der Waals surface area contributed by atoms with E-state index in [9.17, 15) is 0 Å². The number of nitrogens with zero attached hydrogens (tertiary/aromatic N) is 6. The van der Waals surface area contributed by atoms with Gasteiger partial charge in [0.25, 0.3) is 0 Å². The smallest absolute Gasteiger partial charge is 0.200 e. The summed E-state index contributed by atoms with van der Waals surface area (Å²) in [6.45, 7) is 6.34. The number of morpholine rings is 1. The highest BCUT2D eigenvalue weighted by molar-refractivity contribution is 5.45. The third-order valence-corrected chi connectivity index (χ3v) is 3.38. The third kappa shape index (κ3) is 2.70. The number of rotatable bonds is 5. The van der Waals surface area contributed by atoms with E-state index >= 15 is 0 Å². The minimum Gasteiger partial charge on any atom is -0.377 e. The van der Waals surface area contributed by atoms with E-state index in [1.807, 2.05) is 12.1 Å². The third-order valence-electron chi connectivity index (χ3n) is 3.38. The van der Waals surface area contributed by atoms with Crippen LogP contribution in [0.2, 0.25) is 0 Å². The SMILES string of the molecule is CCCNCC1COCCN1c1ccc2nnnn2n1. The van der Waals surface area contributed by atoms with Gasteiger partial charge in [0.15, 0.2) is 11.5 Å². The maximum Gasteiger partial charge on any atom is 0.200 e. The van der Waals surface area contributed by atoms with Crippen molar-refractivity contribution in [3.63, 3.8) is 0 Å². The summed E-state index contributed by atoms with van der Waals surface area (Å²) in [5.41, 5.74) is 0.655. The molecule has 2 aromatic heterocycles. The van der Waals surface area contributed by atoms with E-state index in [1.165, 1.54) is 4.63 Å². The zero-order valence-electron chi connectivity index (χ0n) is 11.6. The fourth-order valence-electron chi connectivity index (χ4n) is 2.36. The van der Waals surface area contributed by atoms with Crippen LogP contribution in [0, 0.1) is 0 Å². The van der Waals surface area contributed by atoms with E-state index in [-0.39, 0.29) is 6.04 Å². The molecule has 0 aromatic carbocycles. The van der Waals surface area contributed by atoms with E-state index in [0.29, 0.717) is 12.3 Å². The maximum atomic E-state index is 5.58. The molecule has 1 fully saturated rings. The highest BCUT2D eigenvalue weighted by Crippen LogP contribution is 2.16. The van der Waals surface area contributed by atoms with E-state index < -0.39 is 0 Å². The quantitative estimate of drug-likeness (QED) is 0.753. The number of nitrogens with one attached hydrogen (secondary N) is 1. The van der Waals surface area contributed by atoms with Crippen molar-refractivity contribution < 1.29 is 4.74 Å². The van der Waals surface area contributed by atoms with Crippen molar-refractivity contribution in [2.24, 2.45) is 0 Å². The first-order chi connectivity index (χ1) is 9.88. The van der Waals surface area contributed by atoms with Crippen LogP contribution >= 0.6 is 0 Å². The molecular formula is C12H19N7O. The van der Waals surface area contributed by atoms with Gasteiger partial charge in [0, 0.05) is 13.1 Å². The first-order valence-corrected chi connectivity index (χ1v) is 6.99. The molecule has 1 unspecified atom stereocenters. The molecule has 0 bridgehead atoms. The van der Waals surface area contributed by atoms with Crippen LogP contribution in [0.25, 0.3) is 5.65 Å². The molecule has 20 heavy (non-hydrogen) atoms. The van der Waals surface area contributed by atoms with Gasteiger partial charge in [-0.25, -0.2) is 0 Å². The summed E-state index contributed by atoms with van der Waals surface area (Å²) in [4.78, 5) is 2.26. The summed E-state index contributed by atoms with van der Waals surface area (Å²) in [7, 11) is 0. The lowest BCUT2D eigenvalue weighted by Crippen LogP contribution is -2.51. The zero-order chi connectivity index (χ0) is 13.8. The molecule has 0 radical (unpaired) electrons. The lowest BCUT2D eigenvalue weighted by atomic mass is 10.2. The van der Waals surface area contributed by atoms with Crippen LogP contribution in [-0.2, 0) is 4.74 Å². The monoisotopic (exact) mass is 277 g/mol. The summed E-state index contributed by atoms with van der Waals surface area (Å²) in [6, 6.07) is 4.13. The van der Waals surface area contributed by atoms with Crippen LogP contribution in [0.5, 0.6) is 0 Å². The van der Waals surface area contributed by atoms with Crippen LogP contribution < -0.4 is 10.2 Å². The average molecular weight is 277 g/mol. The normalized spacial score (nSPS) is 19.6. The van der Waals surface area contributed by atoms with Gasteiger partial charge < -0.3 is 15.0 Å². The van der Waals surface area contributed by atoms with Gasteiger partial charge in [-0.2, -0.15) is 0 Å². The summed E-state index contributed by atoms with van der Waals surface area (Å²) in [5.74, 6) is 0.886. The molecule has 0 spiro atoms.